The Kier molecular flexibility index (Phi) is 2.51. The van der Waals surface area contributed by atoms with Gasteiger partial charge in [0.1, 0.15) is 5.25 Å². The number of hydrogen-bond acceptors (Lipinski definition) is 3. The molecule has 1 saturated carbocycles. The highest BCUT2D eigenvalue weighted by Crippen LogP contribution is 2.22. The Bertz CT molecular complexity index is 224. The fourth-order valence-electron chi connectivity index (χ4n) is 1.46. The van der Waals surface area contributed by atoms with E-state index >= 15 is 0 Å². The molecule has 66 valence electrons. The fourth-order valence-corrected chi connectivity index (χ4v) is 2.53. The lowest BCUT2D eigenvalue weighted by Crippen LogP contribution is -2.40. The van der Waals surface area contributed by atoms with Gasteiger partial charge < -0.3 is 5.11 Å². The van der Waals surface area contributed by atoms with Crippen LogP contribution in [0.4, 0.5) is 0 Å². The van der Waals surface area contributed by atoms with Crippen molar-refractivity contribution >= 4 is 10.0 Å². The van der Waals surface area contributed by atoms with E-state index in [1.807, 2.05) is 0 Å². The molecule has 1 aliphatic carbocycles. The van der Waals surface area contributed by atoms with Crippen LogP contribution < -0.4 is 5.14 Å². The zero-order valence-corrected chi connectivity index (χ0v) is 7.05. The maximum atomic E-state index is 10.8. The molecule has 1 rings (SSSR count). The molecular weight excluding hydrogens is 166 g/mol. The summed E-state index contributed by atoms with van der Waals surface area (Å²) in [4.78, 5) is 0. The van der Waals surface area contributed by atoms with Gasteiger partial charge in [0.2, 0.25) is 10.0 Å². The first kappa shape index (κ1) is 8.96. The number of nitrogens with two attached hydrogens (primary N) is 1. The van der Waals surface area contributed by atoms with E-state index in [1.165, 1.54) is 0 Å². The number of aliphatic hydroxyl groups is 1. The van der Waals surface area contributed by atoms with E-state index < -0.39 is 21.4 Å². The van der Waals surface area contributed by atoms with Crippen LogP contribution in [0.3, 0.4) is 0 Å². The number of rotatable bonds is 1. The summed E-state index contributed by atoms with van der Waals surface area (Å²) in [6, 6.07) is 0. The van der Waals surface area contributed by atoms with Crippen LogP contribution in [0.2, 0.25) is 0 Å². The third-order valence-corrected chi connectivity index (χ3v) is 3.48. The van der Waals surface area contributed by atoms with Gasteiger partial charge in [0, 0.05) is 0 Å². The topological polar surface area (TPSA) is 80.4 Å². The van der Waals surface area contributed by atoms with Crippen LogP contribution in [0.5, 0.6) is 0 Å². The minimum atomic E-state index is -3.53. The summed E-state index contributed by atoms with van der Waals surface area (Å²) in [5, 5.41) is 13.4. The van der Waals surface area contributed by atoms with Crippen molar-refractivity contribution in [3.63, 3.8) is 0 Å². The molecule has 0 bridgehead atoms. The molecule has 0 aromatic carbocycles. The Balaban J connectivity index is 2.70. The summed E-state index contributed by atoms with van der Waals surface area (Å²) in [6.07, 6.45) is 2.05. The van der Waals surface area contributed by atoms with E-state index in [4.69, 9.17) is 5.14 Å². The predicted octanol–water partition coefficient (Wildman–Crippen LogP) is -0.422. The molecule has 0 aromatic heterocycles. The van der Waals surface area contributed by atoms with E-state index in [0.717, 1.165) is 12.8 Å². The molecular formula is C6H13NO3S. The highest BCUT2D eigenvalue weighted by atomic mass is 32.2. The third-order valence-electron chi connectivity index (χ3n) is 2.09. The largest absolute Gasteiger partial charge is 0.392 e. The summed E-state index contributed by atoms with van der Waals surface area (Å²) in [5.41, 5.74) is 0. The Morgan fingerprint density at radius 2 is 1.82 bits per heavy atom. The molecule has 4 nitrogen and oxygen atoms in total. The average Bonchev–Trinajstić information content (AvgIpc) is 1.86. The number of aliphatic hydroxyl groups excluding tert-OH is 1. The number of primary sulfonamides is 1. The Morgan fingerprint density at radius 1 is 1.27 bits per heavy atom. The molecule has 0 unspecified atom stereocenters. The van der Waals surface area contributed by atoms with Crippen molar-refractivity contribution in [3.8, 4) is 0 Å². The van der Waals surface area contributed by atoms with Gasteiger partial charge in [-0.3, -0.25) is 0 Å². The first-order valence-corrected chi connectivity index (χ1v) is 5.32. The summed E-state index contributed by atoms with van der Waals surface area (Å²) >= 11 is 0. The van der Waals surface area contributed by atoms with E-state index in [0.29, 0.717) is 12.8 Å². The number of sulfonamides is 1. The quantitative estimate of drug-likeness (QED) is 0.573. The van der Waals surface area contributed by atoms with Crippen LogP contribution in [-0.4, -0.2) is 24.9 Å². The van der Waals surface area contributed by atoms with Gasteiger partial charge in [0.15, 0.2) is 0 Å². The molecule has 0 radical (unpaired) electrons. The van der Waals surface area contributed by atoms with Gasteiger partial charge in [0.25, 0.3) is 0 Å². The Labute approximate surface area is 66.5 Å². The zero-order chi connectivity index (χ0) is 8.48. The van der Waals surface area contributed by atoms with Crippen molar-refractivity contribution in [1.82, 2.24) is 0 Å². The molecule has 2 atom stereocenters. The lowest BCUT2D eigenvalue weighted by Gasteiger charge is -2.25. The summed E-state index contributed by atoms with van der Waals surface area (Å²) < 4.78 is 21.6. The molecule has 0 heterocycles. The summed E-state index contributed by atoms with van der Waals surface area (Å²) in [7, 11) is -3.53. The van der Waals surface area contributed by atoms with Gasteiger partial charge in [0.05, 0.1) is 6.10 Å². The normalized spacial score (nSPS) is 33.6. The van der Waals surface area contributed by atoms with E-state index in [-0.39, 0.29) is 0 Å². The molecule has 0 spiro atoms. The van der Waals surface area contributed by atoms with E-state index in [1.54, 1.807) is 0 Å². The lowest BCUT2D eigenvalue weighted by atomic mass is 9.97. The molecule has 0 saturated heterocycles. The average molecular weight is 179 g/mol. The second kappa shape index (κ2) is 3.08. The van der Waals surface area contributed by atoms with Crippen molar-refractivity contribution < 1.29 is 13.5 Å². The van der Waals surface area contributed by atoms with Gasteiger partial charge in [-0.2, -0.15) is 0 Å². The minimum Gasteiger partial charge on any atom is -0.392 e. The maximum absolute atomic E-state index is 10.8. The predicted molar refractivity (Wildman–Crippen MR) is 41.4 cm³/mol. The lowest BCUT2D eigenvalue weighted by molar-refractivity contribution is 0.133. The second-order valence-corrected chi connectivity index (χ2v) is 4.76. The summed E-state index contributed by atoms with van der Waals surface area (Å²) in [6.45, 7) is 0. The first-order chi connectivity index (χ1) is 5.02. The smallest absolute Gasteiger partial charge is 0.214 e. The minimum absolute atomic E-state index is 0.500. The standard InChI is InChI=1S/C6H13NO3S/c7-11(9,10)6-4-2-1-3-5(6)8/h5-6,8H,1-4H2,(H2,7,9,10)/t5-,6-/m0/s1. The fraction of sp³-hybridized carbons (Fsp3) is 1.00. The van der Waals surface area contributed by atoms with Gasteiger partial charge in [-0.25, -0.2) is 13.6 Å². The van der Waals surface area contributed by atoms with Crippen LogP contribution in [0, 0.1) is 0 Å². The molecule has 11 heavy (non-hydrogen) atoms. The molecule has 0 aromatic rings. The molecule has 0 aliphatic heterocycles. The van der Waals surface area contributed by atoms with Gasteiger partial charge in [-0.15, -0.1) is 0 Å². The monoisotopic (exact) mass is 179 g/mol. The molecule has 1 fully saturated rings. The van der Waals surface area contributed by atoms with Crippen molar-refractivity contribution in [3.05, 3.63) is 0 Å². The molecule has 5 heteroatoms. The van der Waals surface area contributed by atoms with E-state index in [9.17, 15) is 13.5 Å². The second-order valence-electron chi connectivity index (χ2n) is 2.98. The van der Waals surface area contributed by atoms with Crippen LogP contribution >= 0.6 is 0 Å². The van der Waals surface area contributed by atoms with Gasteiger partial charge in [-0.05, 0) is 12.8 Å². The first-order valence-electron chi connectivity index (χ1n) is 3.71. The zero-order valence-electron chi connectivity index (χ0n) is 6.23. The highest BCUT2D eigenvalue weighted by Gasteiger charge is 2.31. The van der Waals surface area contributed by atoms with Crippen LogP contribution in [0.1, 0.15) is 25.7 Å². The van der Waals surface area contributed by atoms with E-state index in [2.05, 4.69) is 0 Å². The van der Waals surface area contributed by atoms with Crippen molar-refractivity contribution in [1.29, 1.82) is 0 Å². The third kappa shape index (κ3) is 2.15. The Morgan fingerprint density at radius 3 is 2.18 bits per heavy atom. The molecule has 3 N–H and O–H groups in total. The number of hydrogen-bond donors (Lipinski definition) is 2. The molecule has 1 aliphatic rings. The highest BCUT2D eigenvalue weighted by molar-refractivity contribution is 7.89. The van der Waals surface area contributed by atoms with Crippen LogP contribution in [0.15, 0.2) is 0 Å². The summed E-state index contributed by atoms with van der Waals surface area (Å²) in [5.74, 6) is 0. The maximum Gasteiger partial charge on any atom is 0.214 e. The van der Waals surface area contributed by atoms with Crippen LogP contribution in [-0.2, 0) is 10.0 Å². The van der Waals surface area contributed by atoms with Crippen LogP contribution in [0.25, 0.3) is 0 Å². The van der Waals surface area contributed by atoms with Crippen molar-refractivity contribution in [2.45, 2.75) is 37.0 Å². The van der Waals surface area contributed by atoms with Crippen molar-refractivity contribution in [2.24, 2.45) is 5.14 Å². The Hall–Kier alpha value is -0.130. The SMILES string of the molecule is NS(=O)(=O)[C@H]1CCCC[C@@H]1O. The molecule has 0 amide bonds. The van der Waals surface area contributed by atoms with Crippen molar-refractivity contribution in [2.75, 3.05) is 0 Å². The van der Waals surface area contributed by atoms with Gasteiger partial charge >= 0.3 is 0 Å². The van der Waals surface area contributed by atoms with Gasteiger partial charge in [-0.1, -0.05) is 12.8 Å².